The summed E-state index contributed by atoms with van der Waals surface area (Å²) in [5, 5.41) is 3.12. The lowest BCUT2D eigenvalue weighted by Crippen LogP contribution is -2.47. The van der Waals surface area contributed by atoms with E-state index in [1.165, 1.54) is 12.8 Å². The molecule has 1 aromatic rings. The zero-order chi connectivity index (χ0) is 18.4. The molecule has 1 saturated carbocycles. The van der Waals surface area contributed by atoms with E-state index in [4.69, 9.17) is 0 Å². The third kappa shape index (κ3) is 5.30. The summed E-state index contributed by atoms with van der Waals surface area (Å²) in [7, 11) is -3.29. The summed E-state index contributed by atoms with van der Waals surface area (Å²) in [4.78, 5) is 12.5. The Labute approximate surface area is 157 Å². The second-order valence-electron chi connectivity index (χ2n) is 7.59. The predicted octanol–water partition coefficient (Wildman–Crippen LogP) is 2.72. The number of benzene rings is 1. The van der Waals surface area contributed by atoms with Gasteiger partial charge in [0.05, 0.1) is 11.7 Å². The fraction of sp³-hybridized carbons (Fsp3) is 0.650. The fourth-order valence-electron chi connectivity index (χ4n) is 4.03. The standard InChI is InChI=1S/C20H30N2O3S/c23-20(21-19-12-4-5-13-19)18-11-6-14-22(16-18)26(24,25)15-7-10-17-8-2-1-3-9-17/h1-3,8-9,18-19H,4-7,10-16H2,(H,21,23). The van der Waals surface area contributed by atoms with Crippen molar-refractivity contribution in [3.05, 3.63) is 35.9 Å². The van der Waals surface area contributed by atoms with E-state index in [9.17, 15) is 13.2 Å². The van der Waals surface area contributed by atoms with Gasteiger partial charge in [-0.25, -0.2) is 12.7 Å². The fourth-order valence-corrected chi connectivity index (χ4v) is 5.61. The average molecular weight is 379 g/mol. The Morgan fingerprint density at radius 2 is 1.81 bits per heavy atom. The number of aryl methyl sites for hydroxylation is 1. The Bertz CT molecular complexity index is 684. The van der Waals surface area contributed by atoms with Crippen LogP contribution in [0.15, 0.2) is 30.3 Å². The summed E-state index contributed by atoms with van der Waals surface area (Å²) < 4.78 is 26.9. The minimum Gasteiger partial charge on any atom is -0.353 e. The number of amides is 1. The largest absolute Gasteiger partial charge is 0.353 e. The van der Waals surface area contributed by atoms with Gasteiger partial charge < -0.3 is 5.32 Å². The summed E-state index contributed by atoms with van der Waals surface area (Å²) in [5.41, 5.74) is 1.16. The second-order valence-corrected chi connectivity index (χ2v) is 9.68. The van der Waals surface area contributed by atoms with Crippen LogP contribution in [0, 0.1) is 5.92 Å². The first kappa shape index (κ1) is 19.4. The molecule has 26 heavy (non-hydrogen) atoms. The molecule has 0 bridgehead atoms. The van der Waals surface area contributed by atoms with E-state index >= 15 is 0 Å². The monoisotopic (exact) mass is 378 g/mol. The number of nitrogens with one attached hydrogen (secondary N) is 1. The van der Waals surface area contributed by atoms with Gasteiger partial charge in [0.1, 0.15) is 0 Å². The summed E-state index contributed by atoms with van der Waals surface area (Å²) in [6, 6.07) is 10.3. The number of hydrogen-bond acceptors (Lipinski definition) is 3. The van der Waals surface area contributed by atoms with E-state index in [1.54, 1.807) is 4.31 Å². The van der Waals surface area contributed by atoms with Crippen LogP contribution in [0.25, 0.3) is 0 Å². The number of carbonyl (C=O) groups is 1. The molecule has 2 aliphatic rings. The van der Waals surface area contributed by atoms with Crippen LogP contribution < -0.4 is 5.32 Å². The summed E-state index contributed by atoms with van der Waals surface area (Å²) in [5.74, 6) is -0.00638. The van der Waals surface area contributed by atoms with Crippen LogP contribution in [0.3, 0.4) is 0 Å². The maximum Gasteiger partial charge on any atom is 0.224 e. The minimum absolute atomic E-state index is 0.0427. The number of nitrogens with zero attached hydrogens (tertiary/aromatic N) is 1. The number of carbonyl (C=O) groups excluding carboxylic acids is 1. The number of hydrogen-bond donors (Lipinski definition) is 1. The van der Waals surface area contributed by atoms with Crippen LogP contribution in [0.4, 0.5) is 0 Å². The minimum atomic E-state index is -3.29. The number of piperidine rings is 1. The van der Waals surface area contributed by atoms with Crippen LogP contribution in [-0.4, -0.2) is 43.5 Å². The van der Waals surface area contributed by atoms with Gasteiger partial charge in [0.25, 0.3) is 0 Å². The molecule has 3 rings (SSSR count). The molecule has 0 radical (unpaired) electrons. The van der Waals surface area contributed by atoms with Crippen molar-refractivity contribution in [3.63, 3.8) is 0 Å². The molecule has 0 spiro atoms. The Balaban J connectivity index is 1.49. The molecular formula is C20H30N2O3S. The van der Waals surface area contributed by atoms with Gasteiger partial charge in [-0.3, -0.25) is 4.79 Å². The van der Waals surface area contributed by atoms with E-state index in [1.807, 2.05) is 30.3 Å². The van der Waals surface area contributed by atoms with Crippen molar-refractivity contribution in [2.24, 2.45) is 5.92 Å². The van der Waals surface area contributed by atoms with Crippen LogP contribution in [0.1, 0.15) is 50.5 Å². The molecule has 1 heterocycles. The van der Waals surface area contributed by atoms with E-state index in [0.29, 0.717) is 25.6 Å². The summed E-state index contributed by atoms with van der Waals surface area (Å²) >= 11 is 0. The third-order valence-corrected chi connectivity index (χ3v) is 7.48. The predicted molar refractivity (Wildman–Crippen MR) is 103 cm³/mol. The van der Waals surface area contributed by atoms with Crippen LogP contribution in [-0.2, 0) is 21.2 Å². The molecule has 5 nitrogen and oxygen atoms in total. The number of rotatable bonds is 7. The lowest BCUT2D eigenvalue weighted by Gasteiger charge is -2.31. The SMILES string of the molecule is O=C(NC1CCCC1)C1CCCN(S(=O)(=O)CCCc2ccccc2)C1. The van der Waals surface area contributed by atoms with Gasteiger partial charge in [0.15, 0.2) is 0 Å². The van der Waals surface area contributed by atoms with Crippen molar-refractivity contribution in [3.8, 4) is 0 Å². The van der Waals surface area contributed by atoms with Crippen molar-refractivity contribution >= 4 is 15.9 Å². The Kier molecular flexibility index (Phi) is 6.70. The van der Waals surface area contributed by atoms with Crippen molar-refractivity contribution in [1.82, 2.24) is 9.62 Å². The lowest BCUT2D eigenvalue weighted by molar-refractivity contribution is -0.126. The van der Waals surface area contributed by atoms with Gasteiger partial charge in [-0.15, -0.1) is 0 Å². The first-order chi connectivity index (χ1) is 12.5. The first-order valence-corrected chi connectivity index (χ1v) is 11.5. The Morgan fingerprint density at radius 3 is 2.54 bits per heavy atom. The maximum atomic E-state index is 12.7. The van der Waals surface area contributed by atoms with Crippen molar-refractivity contribution in [2.75, 3.05) is 18.8 Å². The Hall–Kier alpha value is -1.40. The zero-order valence-electron chi connectivity index (χ0n) is 15.4. The normalized spacial score (nSPS) is 22.4. The van der Waals surface area contributed by atoms with Crippen molar-refractivity contribution < 1.29 is 13.2 Å². The molecule has 1 aliphatic heterocycles. The molecule has 2 fully saturated rings. The topological polar surface area (TPSA) is 66.5 Å². The van der Waals surface area contributed by atoms with Crippen LogP contribution in [0.2, 0.25) is 0 Å². The molecule has 1 atom stereocenters. The molecule has 1 aliphatic carbocycles. The maximum absolute atomic E-state index is 12.7. The second kappa shape index (κ2) is 9.00. The molecule has 0 aromatic heterocycles. The molecule has 144 valence electrons. The van der Waals surface area contributed by atoms with Gasteiger partial charge in [0.2, 0.25) is 15.9 Å². The van der Waals surface area contributed by atoms with E-state index in [2.05, 4.69) is 5.32 Å². The molecule has 1 amide bonds. The van der Waals surface area contributed by atoms with E-state index in [-0.39, 0.29) is 17.6 Å². The number of sulfonamides is 1. The molecule has 1 saturated heterocycles. The zero-order valence-corrected chi connectivity index (χ0v) is 16.2. The third-order valence-electron chi connectivity index (χ3n) is 5.56. The lowest BCUT2D eigenvalue weighted by atomic mass is 9.98. The summed E-state index contributed by atoms with van der Waals surface area (Å²) in [6.07, 6.45) is 7.39. The van der Waals surface area contributed by atoms with E-state index < -0.39 is 10.0 Å². The average Bonchev–Trinajstić information content (AvgIpc) is 3.15. The van der Waals surface area contributed by atoms with Crippen LogP contribution >= 0.6 is 0 Å². The van der Waals surface area contributed by atoms with Gasteiger partial charge >= 0.3 is 0 Å². The van der Waals surface area contributed by atoms with E-state index in [0.717, 1.165) is 37.7 Å². The van der Waals surface area contributed by atoms with Crippen molar-refractivity contribution in [2.45, 2.75) is 57.4 Å². The molecule has 1 N–H and O–H groups in total. The highest BCUT2D eigenvalue weighted by atomic mass is 32.2. The highest BCUT2D eigenvalue weighted by Crippen LogP contribution is 2.23. The first-order valence-electron chi connectivity index (χ1n) is 9.87. The quantitative estimate of drug-likeness (QED) is 0.793. The van der Waals surface area contributed by atoms with Gasteiger partial charge in [-0.05, 0) is 44.1 Å². The van der Waals surface area contributed by atoms with Crippen LogP contribution in [0.5, 0.6) is 0 Å². The van der Waals surface area contributed by atoms with Gasteiger partial charge in [-0.1, -0.05) is 43.2 Å². The van der Waals surface area contributed by atoms with Crippen molar-refractivity contribution in [1.29, 1.82) is 0 Å². The molecule has 1 aromatic carbocycles. The van der Waals surface area contributed by atoms with Gasteiger partial charge in [0, 0.05) is 19.1 Å². The highest BCUT2D eigenvalue weighted by Gasteiger charge is 2.33. The molecular weight excluding hydrogens is 348 g/mol. The molecule has 1 unspecified atom stereocenters. The summed E-state index contributed by atoms with van der Waals surface area (Å²) in [6.45, 7) is 0.882. The smallest absolute Gasteiger partial charge is 0.224 e. The molecule has 6 heteroatoms. The van der Waals surface area contributed by atoms with Gasteiger partial charge in [-0.2, -0.15) is 0 Å². The Morgan fingerprint density at radius 1 is 1.08 bits per heavy atom. The highest BCUT2D eigenvalue weighted by molar-refractivity contribution is 7.89.